The number of alkyl halides is 1. The Labute approximate surface area is 84.2 Å². The van der Waals surface area contributed by atoms with Crippen LogP contribution < -0.4 is 0 Å². The lowest BCUT2D eigenvalue weighted by Crippen LogP contribution is -2.16. The van der Waals surface area contributed by atoms with Crippen molar-refractivity contribution in [2.45, 2.75) is 13.0 Å². The fourth-order valence-electron chi connectivity index (χ4n) is 0.603. The van der Waals surface area contributed by atoms with E-state index < -0.39 is 6.10 Å². The third kappa shape index (κ3) is 6.43. The number of halogens is 1. The molecule has 0 aromatic heterocycles. The number of ether oxygens (including phenoxy) is 1. The highest BCUT2D eigenvalue weighted by Crippen LogP contribution is 2.01. The molecule has 0 aliphatic carbocycles. The molecule has 0 aromatic carbocycles. The van der Waals surface area contributed by atoms with Crippen molar-refractivity contribution in [3.05, 3.63) is 36.6 Å². The van der Waals surface area contributed by atoms with Crippen molar-refractivity contribution in [2.24, 2.45) is 0 Å². The Morgan fingerprint density at radius 1 is 1.69 bits per heavy atom. The monoisotopic (exact) mass is 202 g/mol. The molecule has 0 aromatic rings. The summed E-state index contributed by atoms with van der Waals surface area (Å²) in [6, 6.07) is 0. The molecule has 0 fully saturated rings. The SMILES string of the molecule is C=C/C(=C\C=C/C)OCC(O)CCl. The number of aliphatic hydroxyl groups is 1. The van der Waals surface area contributed by atoms with E-state index in [0.717, 1.165) is 0 Å². The van der Waals surface area contributed by atoms with Crippen molar-refractivity contribution in [1.29, 1.82) is 0 Å². The lowest BCUT2D eigenvalue weighted by atomic mass is 10.4. The summed E-state index contributed by atoms with van der Waals surface area (Å²) in [6.45, 7) is 5.68. The van der Waals surface area contributed by atoms with Crippen LogP contribution in [0.4, 0.5) is 0 Å². The highest BCUT2D eigenvalue weighted by Gasteiger charge is 2.01. The molecule has 0 heterocycles. The summed E-state index contributed by atoms with van der Waals surface area (Å²) >= 11 is 5.39. The number of rotatable bonds is 6. The van der Waals surface area contributed by atoms with Gasteiger partial charge in [0, 0.05) is 0 Å². The topological polar surface area (TPSA) is 29.5 Å². The van der Waals surface area contributed by atoms with Crippen molar-refractivity contribution in [3.8, 4) is 0 Å². The first-order valence-electron chi connectivity index (χ1n) is 4.06. The molecule has 1 atom stereocenters. The molecule has 3 heteroatoms. The van der Waals surface area contributed by atoms with Gasteiger partial charge in [0.05, 0.1) is 5.88 Å². The smallest absolute Gasteiger partial charge is 0.118 e. The van der Waals surface area contributed by atoms with E-state index in [0.29, 0.717) is 5.76 Å². The minimum atomic E-state index is -0.629. The fraction of sp³-hybridized carbons (Fsp3) is 0.400. The molecule has 0 amide bonds. The quantitative estimate of drug-likeness (QED) is 0.407. The Morgan fingerprint density at radius 2 is 2.38 bits per heavy atom. The lowest BCUT2D eigenvalue weighted by Gasteiger charge is -2.09. The van der Waals surface area contributed by atoms with Gasteiger partial charge in [-0.2, -0.15) is 0 Å². The van der Waals surface area contributed by atoms with Crippen molar-refractivity contribution in [3.63, 3.8) is 0 Å². The molecule has 2 nitrogen and oxygen atoms in total. The molecule has 0 saturated carbocycles. The van der Waals surface area contributed by atoms with E-state index in [9.17, 15) is 0 Å². The van der Waals surface area contributed by atoms with Crippen LogP contribution >= 0.6 is 11.6 Å². The van der Waals surface area contributed by atoms with Gasteiger partial charge in [-0.15, -0.1) is 11.6 Å². The Balaban J connectivity index is 3.92. The van der Waals surface area contributed by atoms with Crippen molar-refractivity contribution < 1.29 is 9.84 Å². The van der Waals surface area contributed by atoms with Crippen LogP contribution in [0, 0.1) is 0 Å². The minimum absolute atomic E-state index is 0.175. The highest BCUT2D eigenvalue weighted by molar-refractivity contribution is 6.18. The first-order valence-corrected chi connectivity index (χ1v) is 4.60. The normalized spacial score (nSPS) is 14.5. The van der Waals surface area contributed by atoms with Crippen LogP contribution in [0.25, 0.3) is 0 Å². The maximum Gasteiger partial charge on any atom is 0.118 e. The van der Waals surface area contributed by atoms with Crippen LogP contribution in [-0.2, 0) is 4.74 Å². The maximum absolute atomic E-state index is 9.09. The summed E-state index contributed by atoms with van der Waals surface area (Å²) in [7, 11) is 0. The summed E-state index contributed by atoms with van der Waals surface area (Å²) in [5.41, 5.74) is 0. The van der Waals surface area contributed by atoms with Gasteiger partial charge in [0.15, 0.2) is 0 Å². The van der Waals surface area contributed by atoms with Gasteiger partial charge >= 0.3 is 0 Å². The summed E-state index contributed by atoms with van der Waals surface area (Å²) in [5, 5.41) is 9.09. The van der Waals surface area contributed by atoms with Gasteiger partial charge in [-0.1, -0.05) is 18.7 Å². The van der Waals surface area contributed by atoms with Crippen LogP contribution in [0.15, 0.2) is 36.6 Å². The predicted octanol–water partition coefficient (Wildman–Crippen LogP) is 2.25. The van der Waals surface area contributed by atoms with Crippen LogP contribution in [0.5, 0.6) is 0 Å². The third-order valence-corrected chi connectivity index (χ3v) is 1.63. The lowest BCUT2D eigenvalue weighted by molar-refractivity contribution is 0.0906. The molecule has 0 bridgehead atoms. The number of hydrogen-bond donors (Lipinski definition) is 1. The van der Waals surface area contributed by atoms with Crippen molar-refractivity contribution in [2.75, 3.05) is 12.5 Å². The van der Waals surface area contributed by atoms with E-state index >= 15 is 0 Å². The van der Waals surface area contributed by atoms with Gasteiger partial charge in [-0.3, -0.25) is 0 Å². The van der Waals surface area contributed by atoms with E-state index in [4.69, 9.17) is 21.4 Å². The molecule has 1 N–H and O–H groups in total. The summed E-state index contributed by atoms with van der Waals surface area (Å²) in [6.07, 6.45) is 6.44. The van der Waals surface area contributed by atoms with E-state index in [-0.39, 0.29) is 12.5 Å². The molecule has 13 heavy (non-hydrogen) atoms. The maximum atomic E-state index is 9.09. The van der Waals surface area contributed by atoms with E-state index in [1.165, 1.54) is 0 Å². The first kappa shape index (κ1) is 12.3. The zero-order valence-electron chi connectivity index (χ0n) is 7.74. The summed E-state index contributed by atoms with van der Waals surface area (Å²) in [4.78, 5) is 0. The molecule has 74 valence electrons. The predicted molar refractivity (Wildman–Crippen MR) is 55.8 cm³/mol. The second-order valence-electron chi connectivity index (χ2n) is 2.42. The van der Waals surface area contributed by atoms with E-state index in [1.54, 1.807) is 12.2 Å². The van der Waals surface area contributed by atoms with Gasteiger partial charge < -0.3 is 9.84 Å². The number of allylic oxidation sites excluding steroid dienone is 4. The molecular weight excluding hydrogens is 188 g/mol. The fourth-order valence-corrected chi connectivity index (χ4v) is 0.692. The van der Waals surface area contributed by atoms with E-state index in [1.807, 2.05) is 19.1 Å². The average Bonchev–Trinajstić information content (AvgIpc) is 2.17. The number of aliphatic hydroxyl groups excluding tert-OH is 1. The van der Waals surface area contributed by atoms with Crippen LogP contribution in [0.3, 0.4) is 0 Å². The second kappa shape index (κ2) is 7.90. The molecule has 0 aliphatic heterocycles. The molecule has 0 saturated heterocycles. The molecule has 0 spiro atoms. The third-order valence-electron chi connectivity index (χ3n) is 1.27. The Kier molecular flexibility index (Phi) is 7.45. The number of hydrogen-bond acceptors (Lipinski definition) is 2. The van der Waals surface area contributed by atoms with Crippen LogP contribution in [0.2, 0.25) is 0 Å². The largest absolute Gasteiger partial charge is 0.491 e. The van der Waals surface area contributed by atoms with Crippen LogP contribution in [0.1, 0.15) is 6.92 Å². The molecule has 0 radical (unpaired) electrons. The van der Waals surface area contributed by atoms with Gasteiger partial charge in [0.1, 0.15) is 18.5 Å². The van der Waals surface area contributed by atoms with Gasteiger partial charge in [-0.05, 0) is 19.1 Å². The standard InChI is InChI=1S/C10H15ClO2/c1-3-5-6-10(4-2)13-8-9(12)7-11/h3-6,9,12H,2,7-8H2,1H3/b5-3-,10-6+. The molecule has 0 aliphatic rings. The zero-order chi connectivity index (χ0) is 10.1. The molecular formula is C10H15ClO2. The molecule has 0 rings (SSSR count). The molecule has 1 unspecified atom stereocenters. The van der Waals surface area contributed by atoms with Crippen LogP contribution in [-0.4, -0.2) is 23.7 Å². The summed E-state index contributed by atoms with van der Waals surface area (Å²) in [5.74, 6) is 0.802. The first-order chi connectivity index (χ1) is 6.24. The van der Waals surface area contributed by atoms with Gasteiger partial charge in [0.2, 0.25) is 0 Å². The Morgan fingerprint density at radius 3 is 2.85 bits per heavy atom. The summed E-state index contributed by atoms with van der Waals surface area (Å²) < 4.78 is 5.20. The second-order valence-corrected chi connectivity index (χ2v) is 2.73. The van der Waals surface area contributed by atoms with Crippen molar-refractivity contribution in [1.82, 2.24) is 0 Å². The van der Waals surface area contributed by atoms with Gasteiger partial charge in [-0.25, -0.2) is 0 Å². The minimum Gasteiger partial charge on any atom is -0.491 e. The van der Waals surface area contributed by atoms with E-state index in [2.05, 4.69) is 6.58 Å². The Bertz CT molecular complexity index is 197. The highest BCUT2D eigenvalue weighted by atomic mass is 35.5. The zero-order valence-corrected chi connectivity index (χ0v) is 8.50. The van der Waals surface area contributed by atoms with Gasteiger partial charge in [0.25, 0.3) is 0 Å². The Hall–Kier alpha value is -0.730. The van der Waals surface area contributed by atoms with Crippen molar-refractivity contribution >= 4 is 11.6 Å². The average molecular weight is 203 g/mol.